The zero-order valence-electron chi connectivity index (χ0n) is 25.7. The number of benzene rings is 1. The summed E-state index contributed by atoms with van der Waals surface area (Å²) in [6, 6.07) is 9.15. The van der Waals surface area contributed by atoms with Crippen LogP contribution in [0.2, 0.25) is 5.02 Å². The molecular weight excluding hydrogens is 592 g/mol. The third kappa shape index (κ3) is 6.18. The Kier molecular flexibility index (Phi) is 8.03. The minimum absolute atomic E-state index is 0.0417. The van der Waals surface area contributed by atoms with Crippen molar-refractivity contribution < 1.29 is 19.1 Å². The normalized spacial score (nSPS) is 21.6. The van der Waals surface area contributed by atoms with Gasteiger partial charge in [0.25, 0.3) is 0 Å². The molecule has 0 spiro atoms. The molecule has 7 rings (SSSR count). The Hall–Kier alpha value is -3.89. The number of nitrogens with one attached hydrogen (secondary N) is 1. The van der Waals surface area contributed by atoms with Gasteiger partial charge < -0.3 is 24.3 Å². The Morgan fingerprint density at radius 2 is 1.89 bits per heavy atom. The molecule has 45 heavy (non-hydrogen) atoms. The van der Waals surface area contributed by atoms with Gasteiger partial charge in [0.05, 0.1) is 36.0 Å². The number of aromatic nitrogens is 3. The Bertz CT molecular complexity index is 1620. The fourth-order valence-electron chi connectivity index (χ4n) is 6.79. The van der Waals surface area contributed by atoms with Crippen LogP contribution >= 0.6 is 11.6 Å². The summed E-state index contributed by atoms with van der Waals surface area (Å²) in [6.45, 7) is 4.40. The minimum Gasteiger partial charge on any atom is -0.446 e. The van der Waals surface area contributed by atoms with Crippen molar-refractivity contribution in [2.24, 2.45) is 7.05 Å². The highest BCUT2D eigenvalue weighted by Gasteiger charge is 2.43. The topological polar surface area (TPSA) is 102 Å². The zero-order chi connectivity index (χ0) is 31.1. The second-order valence-electron chi connectivity index (χ2n) is 12.9. The fraction of sp³-hybridized carbons (Fsp3) is 0.471. The monoisotopic (exact) mass is 630 g/mol. The lowest BCUT2D eigenvalue weighted by Gasteiger charge is -2.39. The molecule has 1 N–H and O–H groups in total. The summed E-state index contributed by atoms with van der Waals surface area (Å²) in [6.07, 6.45) is 12.6. The third-order valence-corrected chi connectivity index (χ3v) is 9.82. The van der Waals surface area contributed by atoms with E-state index < -0.39 is 17.7 Å². The van der Waals surface area contributed by atoms with Gasteiger partial charge >= 0.3 is 12.2 Å². The molecule has 2 saturated carbocycles. The first-order valence-electron chi connectivity index (χ1n) is 15.9. The molecule has 2 aromatic heterocycles. The number of piperazine rings is 1. The number of ether oxygens (including phenoxy) is 2. The van der Waals surface area contributed by atoms with Crippen molar-refractivity contribution in [1.29, 1.82) is 0 Å². The summed E-state index contributed by atoms with van der Waals surface area (Å²) in [5, 5.41) is 3.75. The van der Waals surface area contributed by atoms with Gasteiger partial charge in [-0.25, -0.2) is 14.6 Å². The van der Waals surface area contributed by atoms with E-state index in [1.807, 2.05) is 47.8 Å². The van der Waals surface area contributed by atoms with Crippen molar-refractivity contribution in [2.75, 3.05) is 26.2 Å². The molecule has 11 heteroatoms. The highest BCUT2D eigenvalue weighted by molar-refractivity contribution is 6.30. The fourth-order valence-corrected chi connectivity index (χ4v) is 6.96. The molecule has 3 aliphatic carbocycles. The molecule has 3 heterocycles. The molecule has 3 fully saturated rings. The van der Waals surface area contributed by atoms with Crippen LogP contribution in [0, 0.1) is 0 Å². The lowest BCUT2D eigenvalue weighted by molar-refractivity contribution is 0.0433. The van der Waals surface area contributed by atoms with Crippen LogP contribution in [0.15, 0.2) is 49.1 Å². The summed E-state index contributed by atoms with van der Waals surface area (Å²) >= 11 is 6.68. The van der Waals surface area contributed by atoms with E-state index in [1.165, 1.54) is 0 Å². The average molecular weight is 631 g/mol. The van der Waals surface area contributed by atoms with Gasteiger partial charge in [-0.15, -0.1) is 0 Å². The number of hydrogen-bond acceptors (Lipinski definition) is 7. The van der Waals surface area contributed by atoms with E-state index in [4.69, 9.17) is 26.1 Å². The first kappa shape index (κ1) is 29.8. The van der Waals surface area contributed by atoms with Gasteiger partial charge in [-0.3, -0.25) is 9.88 Å². The maximum absolute atomic E-state index is 13.3. The van der Waals surface area contributed by atoms with Crippen LogP contribution in [0.25, 0.3) is 11.6 Å². The Labute approximate surface area is 268 Å². The number of pyridine rings is 1. The van der Waals surface area contributed by atoms with Crippen LogP contribution in [0.3, 0.4) is 0 Å². The summed E-state index contributed by atoms with van der Waals surface area (Å²) in [7, 11) is 1.91. The number of halogens is 1. The SMILES string of the molecule is Cn1cncc1[C@H](NC(=O)OC1(C)CC1)C1=Cc2cccnc2[C@@H](N2CCN(C(=O)OC3CCCC3)CC2)c2ccc(Cl)cc21. The predicted molar refractivity (Wildman–Crippen MR) is 170 cm³/mol. The molecule has 2 amide bonds. The molecule has 4 aliphatic rings. The van der Waals surface area contributed by atoms with Crippen molar-refractivity contribution in [3.05, 3.63) is 82.2 Å². The summed E-state index contributed by atoms with van der Waals surface area (Å²) in [5.41, 5.74) is 5.05. The van der Waals surface area contributed by atoms with Gasteiger partial charge in [-0.1, -0.05) is 23.7 Å². The van der Waals surface area contributed by atoms with Gasteiger partial charge in [-0.2, -0.15) is 0 Å². The molecule has 0 radical (unpaired) electrons. The van der Waals surface area contributed by atoms with E-state index in [0.29, 0.717) is 31.2 Å². The van der Waals surface area contributed by atoms with Crippen molar-refractivity contribution in [3.8, 4) is 0 Å². The van der Waals surface area contributed by atoms with Gasteiger partial charge in [-0.05, 0) is 92.0 Å². The van der Waals surface area contributed by atoms with Crippen LogP contribution in [0.5, 0.6) is 0 Å². The van der Waals surface area contributed by atoms with Crippen LogP contribution in [0.1, 0.15) is 85.6 Å². The lowest BCUT2D eigenvalue weighted by atomic mass is 9.90. The minimum atomic E-state index is -0.571. The second kappa shape index (κ2) is 12.1. The number of fused-ring (bicyclic) bond motifs is 2. The highest BCUT2D eigenvalue weighted by atomic mass is 35.5. The van der Waals surface area contributed by atoms with E-state index in [-0.39, 0.29) is 18.2 Å². The van der Waals surface area contributed by atoms with Crippen LogP contribution in [-0.2, 0) is 16.5 Å². The van der Waals surface area contributed by atoms with Gasteiger partial charge in [0.15, 0.2) is 0 Å². The van der Waals surface area contributed by atoms with E-state index in [9.17, 15) is 9.59 Å². The maximum Gasteiger partial charge on any atom is 0.410 e. The van der Waals surface area contributed by atoms with Crippen LogP contribution in [-0.4, -0.2) is 74.4 Å². The second-order valence-corrected chi connectivity index (χ2v) is 13.3. The smallest absolute Gasteiger partial charge is 0.410 e. The molecule has 10 nitrogen and oxygen atoms in total. The first-order valence-corrected chi connectivity index (χ1v) is 16.3. The Morgan fingerprint density at radius 3 is 2.60 bits per heavy atom. The summed E-state index contributed by atoms with van der Waals surface area (Å²) in [4.78, 5) is 39.7. The first-order chi connectivity index (χ1) is 21.8. The van der Waals surface area contributed by atoms with E-state index in [1.54, 1.807) is 12.5 Å². The van der Waals surface area contributed by atoms with Crippen molar-refractivity contribution >= 4 is 35.4 Å². The number of carbonyl (C=O) groups excluding carboxylic acids is 2. The standard InChI is InChI=1S/C34H39ClN6O4/c1-34(11-12-34)45-32(42)38-30(28-20-36-21-39(28)2)27-18-22-6-5-13-37-29(22)31(25-10-9-23(35)19-26(25)27)40-14-16-41(17-15-40)33(43)44-24-7-3-4-8-24/h5-6,9-10,13,18-21,24,30-31H,3-4,7-8,11-12,14-17H2,1-2H3,(H,38,42)/t30-,31+/m1/s1. The lowest BCUT2D eigenvalue weighted by Crippen LogP contribution is -2.50. The van der Waals surface area contributed by atoms with Gasteiger partial charge in [0.2, 0.25) is 0 Å². The molecule has 1 aromatic carbocycles. The van der Waals surface area contributed by atoms with Gasteiger partial charge in [0.1, 0.15) is 11.7 Å². The van der Waals surface area contributed by atoms with Crippen molar-refractivity contribution in [2.45, 2.75) is 69.2 Å². The van der Waals surface area contributed by atoms with E-state index in [0.717, 1.165) is 72.2 Å². The molecule has 236 valence electrons. The van der Waals surface area contributed by atoms with Crippen LogP contribution in [0.4, 0.5) is 9.59 Å². The molecule has 3 aromatic rings. The van der Waals surface area contributed by atoms with Gasteiger partial charge in [0, 0.05) is 44.4 Å². The largest absolute Gasteiger partial charge is 0.446 e. The molecule has 2 atom stereocenters. The predicted octanol–water partition coefficient (Wildman–Crippen LogP) is 6.13. The molecular formula is C34H39ClN6O4. The zero-order valence-corrected chi connectivity index (χ0v) is 26.5. The molecule has 0 bridgehead atoms. The molecule has 1 saturated heterocycles. The number of aryl methyl sites for hydroxylation is 1. The number of hydrogen-bond donors (Lipinski definition) is 1. The summed E-state index contributed by atoms with van der Waals surface area (Å²) in [5.74, 6) is 0. The number of amides is 2. The van der Waals surface area contributed by atoms with Crippen molar-refractivity contribution in [1.82, 2.24) is 29.7 Å². The average Bonchev–Trinajstić information content (AvgIpc) is 3.35. The number of nitrogens with zero attached hydrogens (tertiary/aromatic N) is 5. The maximum atomic E-state index is 13.3. The molecule has 0 unspecified atom stereocenters. The molecule has 1 aliphatic heterocycles. The summed E-state index contributed by atoms with van der Waals surface area (Å²) < 4.78 is 13.5. The van der Waals surface area contributed by atoms with Crippen LogP contribution < -0.4 is 5.32 Å². The van der Waals surface area contributed by atoms with Crippen molar-refractivity contribution in [3.63, 3.8) is 0 Å². The van der Waals surface area contributed by atoms with E-state index >= 15 is 0 Å². The number of imidazole rings is 1. The number of carbonyl (C=O) groups is 2. The quantitative estimate of drug-likeness (QED) is 0.350. The number of alkyl carbamates (subject to hydrolysis) is 1. The Balaban J connectivity index is 1.24. The Morgan fingerprint density at radius 1 is 1.11 bits per heavy atom. The third-order valence-electron chi connectivity index (χ3n) is 9.59. The highest BCUT2D eigenvalue weighted by Crippen LogP contribution is 2.45. The van der Waals surface area contributed by atoms with E-state index in [2.05, 4.69) is 33.4 Å². The number of rotatable bonds is 6.